The zero-order chi connectivity index (χ0) is 14.4. The number of benzene rings is 1. The van der Waals surface area contributed by atoms with Crippen LogP contribution in [0.15, 0.2) is 54.7 Å². The molecule has 2 aromatic rings. The number of aromatic nitrogens is 1. The molecule has 1 heterocycles. The van der Waals surface area contributed by atoms with Crippen LogP contribution < -0.4 is 5.32 Å². The number of ether oxygens (including phenoxy) is 1. The summed E-state index contributed by atoms with van der Waals surface area (Å²) in [5.41, 5.74) is 2.02. The quantitative estimate of drug-likeness (QED) is 0.875. The van der Waals surface area contributed by atoms with Crippen molar-refractivity contribution in [2.45, 2.75) is 25.5 Å². The molecule has 0 aliphatic rings. The van der Waals surface area contributed by atoms with Gasteiger partial charge in [-0.2, -0.15) is 0 Å². The van der Waals surface area contributed by atoms with E-state index in [1.807, 2.05) is 30.5 Å². The van der Waals surface area contributed by atoms with E-state index in [4.69, 9.17) is 4.74 Å². The Balaban J connectivity index is 2.22. The van der Waals surface area contributed by atoms with Crippen molar-refractivity contribution in [3.63, 3.8) is 0 Å². The third-order valence-corrected chi connectivity index (χ3v) is 3.40. The molecule has 1 atom stereocenters. The molecule has 0 aliphatic heterocycles. The molecule has 0 spiro atoms. The maximum atomic E-state index is 5.48. The molecule has 3 nitrogen and oxygen atoms in total. The minimum absolute atomic E-state index is 0.0758. The maximum absolute atomic E-state index is 5.48. The van der Waals surface area contributed by atoms with Gasteiger partial charge in [-0.25, -0.2) is 0 Å². The van der Waals surface area contributed by atoms with Crippen LogP contribution in [0.25, 0.3) is 0 Å². The predicted octanol–water partition coefficient (Wildman–Crippen LogP) is 3.19. The molecule has 1 N–H and O–H groups in total. The van der Waals surface area contributed by atoms with Gasteiger partial charge in [0.25, 0.3) is 0 Å². The highest BCUT2D eigenvalue weighted by Gasteiger charge is 2.21. The van der Waals surface area contributed by atoms with Crippen LogP contribution in [0, 0.1) is 0 Å². The van der Waals surface area contributed by atoms with E-state index < -0.39 is 0 Å². The highest BCUT2D eigenvalue weighted by Crippen LogP contribution is 2.21. The Hall–Kier alpha value is -1.71. The lowest BCUT2D eigenvalue weighted by Gasteiger charge is -2.27. The summed E-state index contributed by atoms with van der Waals surface area (Å²) in [6.45, 7) is 4.89. The van der Waals surface area contributed by atoms with Gasteiger partial charge in [-0.05, 0) is 31.5 Å². The molecule has 2 rings (SSSR count). The zero-order valence-corrected chi connectivity index (χ0v) is 12.3. The maximum Gasteiger partial charge on any atom is 0.0752 e. The molecule has 20 heavy (non-hydrogen) atoms. The number of nitrogens with one attached hydrogen (secondary N) is 1. The second kappa shape index (κ2) is 6.64. The van der Waals surface area contributed by atoms with Crippen molar-refractivity contribution in [2.75, 3.05) is 13.7 Å². The largest absolute Gasteiger partial charge is 0.377 e. The summed E-state index contributed by atoms with van der Waals surface area (Å²) < 4.78 is 5.48. The van der Waals surface area contributed by atoms with E-state index in [1.165, 1.54) is 5.56 Å². The Morgan fingerprint density at radius 1 is 1.10 bits per heavy atom. The fourth-order valence-electron chi connectivity index (χ4n) is 2.01. The third kappa shape index (κ3) is 3.89. The fraction of sp³-hybridized carbons (Fsp3) is 0.353. The topological polar surface area (TPSA) is 34.1 Å². The molecule has 0 aliphatic carbocycles. The van der Waals surface area contributed by atoms with Crippen LogP contribution in [0.5, 0.6) is 0 Å². The Bertz CT molecular complexity index is 472. The highest BCUT2D eigenvalue weighted by molar-refractivity contribution is 5.27. The average molecular weight is 270 g/mol. The first-order valence-corrected chi connectivity index (χ1v) is 6.87. The fourth-order valence-corrected chi connectivity index (χ4v) is 2.01. The molecule has 0 saturated heterocycles. The Morgan fingerprint density at radius 3 is 2.40 bits per heavy atom. The van der Waals surface area contributed by atoms with Crippen molar-refractivity contribution in [1.29, 1.82) is 0 Å². The van der Waals surface area contributed by atoms with Gasteiger partial charge in [0.15, 0.2) is 0 Å². The Morgan fingerprint density at radius 2 is 1.80 bits per heavy atom. The van der Waals surface area contributed by atoms with E-state index in [0.717, 1.165) is 12.2 Å². The van der Waals surface area contributed by atoms with Crippen molar-refractivity contribution in [2.24, 2.45) is 0 Å². The first-order valence-electron chi connectivity index (χ1n) is 6.87. The van der Waals surface area contributed by atoms with Crippen LogP contribution in [0.2, 0.25) is 0 Å². The molecule has 1 unspecified atom stereocenters. The van der Waals surface area contributed by atoms with E-state index in [9.17, 15) is 0 Å². The summed E-state index contributed by atoms with van der Waals surface area (Å²) in [5.74, 6) is 0. The second-order valence-corrected chi connectivity index (χ2v) is 5.44. The number of hydrogen-bond acceptors (Lipinski definition) is 3. The van der Waals surface area contributed by atoms with Crippen LogP contribution >= 0.6 is 0 Å². The van der Waals surface area contributed by atoms with E-state index in [-0.39, 0.29) is 11.6 Å². The Kier molecular flexibility index (Phi) is 4.88. The normalized spacial score (nSPS) is 13.2. The number of rotatable bonds is 6. The van der Waals surface area contributed by atoms with E-state index in [0.29, 0.717) is 0 Å². The van der Waals surface area contributed by atoms with Crippen molar-refractivity contribution >= 4 is 0 Å². The lowest BCUT2D eigenvalue weighted by molar-refractivity contribution is 0.0218. The summed E-state index contributed by atoms with van der Waals surface area (Å²) >= 11 is 0. The SMILES string of the molecule is COC(C)(C)CNC(c1ccccc1)c1ccccn1. The molecule has 106 valence electrons. The summed E-state index contributed by atoms with van der Waals surface area (Å²) in [6, 6.07) is 16.4. The third-order valence-electron chi connectivity index (χ3n) is 3.40. The van der Waals surface area contributed by atoms with E-state index in [2.05, 4.69) is 48.4 Å². The summed E-state index contributed by atoms with van der Waals surface area (Å²) in [5, 5.41) is 3.56. The summed E-state index contributed by atoms with van der Waals surface area (Å²) in [4.78, 5) is 4.48. The van der Waals surface area contributed by atoms with Crippen LogP contribution in [0.1, 0.15) is 31.1 Å². The molecule has 0 amide bonds. The van der Waals surface area contributed by atoms with Gasteiger partial charge in [0.1, 0.15) is 0 Å². The Labute approximate surface area is 121 Å². The molecule has 0 bridgehead atoms. The van der Waals surface area contributed by atoms with Gasteiger partial charge in [0.05, 0.1) is 17.3 Å². The van der Waals surface area contributed by atoms with Gasteiger partial charge in [0, 0.05) is 19.9 Å². The van der Waals surface area contributed by atoms with Gasteiger partial charge in [-0.15, -0.1) is 0 Å². The highest BCUT2D eigenvalue weighted by atomic mass is 16.5. The standard InChI is InChI=1S/C17H22N2O/c1-17(2,20-3)13-19-16(14-9-5-4-6-10-14)15-11-7-8-12-18-15/h4-12,16,19H,13H2,1-3H3. The summed E-state index contributed by atoms with van der Waals surface area (Å²) in [6.07, 6.45) is 1.83. The zero-order valence-electron chi connectivity index (χ0n) is 12.3. The van der Waals surface area contributed by atoms with Gasteiger partial charge in [0.2, 0.25) is 0 Å². The average Bonchev–Trinajstić information content (AvgIpc) is 2.49. The van der Waals surface area contributed by atoms with Crippen molar-refractivity contribution in [1.82, 2.24) is 10.3 Å². The van der Waals surface area contributed by atoms with Gasteiger partial charge >= 0.3 is 0 Å². The monoisotopic (exact) mass is 270 g/mol. The first kappa shape index (κ1) is 14.7. The van der Waals surface area contributed by atoms with Gasteiger partial charge < -0.3 is 10.1 Å². The predicted molar refractivity (Wildman–Crippen MR) is 81.6 cm³/mol. The van der Waals surface area contributed by atoms with Crippen LogP contribution in [-0.4, -0.2) is 24.2 Å². The van der Waals surface area contributed by atoms with E-state index in [1.54, 1.807) is 7.11 Å². The number of hydrogen-bond donors (Lipinski definition) is 1. The molecular formula is C17H22N2O. The number of methoxy groups -OCH3 is 1. The van der Waals surface area contributed by atoms with Crippen LogP contribution in [-0.2, 0) is 4.74 Å². The van der Waals surface area contributed by atoms with Crippen LogP contribution in [0.3, 0.4) is 0 Å². The van der Waals surface area contributed by atoms with Crippen molar-refractivity contribution < 1.29 is 4.74 Å². The number of pyridine rings is 1. The smallest absolute Gasteiger partial charge is 0.0752 e. The lowest BCUT2D eigenvalue weighted by Crippen LogP contribution is -2.39. The minimum Gasteiger partial charge on any atom is -0.377 e. The van der Waals surface area contributed by atoms with Gasteiger partial charge in [-0.3, -0.25) is 4.98 Å². The molecule has 0 fully saturated rings. The molecule has 3 heteroatoms. The number of nitrogens with zero attached hydrogens (tertiary/aromatic N) is 1. The first-order chi connectivity index (χ1) is 9.62. The van der Waals surface area contributed by atoms with E-state index >= 15 is 0 Å². The van der Waals surface area contributed by atoms with Crippen molar-refractivity contribution in [3.05, 3.63) is 66.0 Å². The molecule has 1 aromatic heterocycles. The van der Waals surface area contributed by atoms with Crippen LogP contribution in [0.4, 0.5) is 0 Å². The molecule has 0 radical (unpaired) electrons. The lowest BCUT2D eigenvalue weighted by atomic mass is 10.0. The van der Waals surface area contributed by atoms with Gasteiger partial charge in [-0.1, -0.05) is 36.4 Å². The second-order valence-electron chi connectivity index (χ2n) is 5.44. The summed E-state index contributed by atoms with van der Waals surface area (Å²) in [7, 11) is 1.74. The molecule has 0 saturated carbocycles. The molecular weight excluding hydrogens is 248 g/mol. The molecule has 1 aromatic carbocycles. The minimum atomic E-state index is -0.207. The van der Waals surface area contributed by atoms with Crippen molar-refractivity contribution in [3.8, 4) is 0 Å².